The van der Waals surface area contributed by atoms with Crippen molar-refractivity contribution in [1.82, 2.24) is 0 Å². The van der Waals surface area contributed by atoms with E-state index in [1.54, 1.807) is 0 Å². The van der Waals surface area contributed by atoms with Crippen molar-refractivity contribution in [2.24, 2.45) is 11.5 Å². The van der Waals surface area contributed by atoms with Gasteiger partial charge in [0.05, 0.1) is 0 Å². The van der Waals surface area contributed by atoms with E-state index in [0.29, 0.717) is 0 Å². The molecule has 0 aromatic carbocycles. The van der Waals surface area contributed by atoms with Crippen molar-refractivity contribution in [1.29, 1.82) is 0 Å². The summed E-state index contributed by atoms with van der Waals surface area (Å²) in [6, 6.07) is -0.115. The lowest BCUT2D eigenvalue weighted by Crippen LogP contribution is -2.46. The molecule has 4 atom stereocenters. The van der Waals surface area contributed by atoms with Crippen LogP contribution in [0.25, 0.3) is 0 Å². The van der Waals surface area contributed by atoms with Crippen LogP contribution < -0.4 is 11.5 Å². The van der Waals surface area contributed by atoms with E-state index < -0.39 is 5.79 Å². The molecule has 4 unspecified atom stereocenters. The lowest BCUT2D eigenvalue weighted by Gasteiger charge is -2.22. The van der Waals surface area contributed by atoms with Gasteiger partial charge in [-0.25, -0.2) is 0 Å². The Kier molecular flexibility index (Phi) is 2.97. The van der Waals surface area contributed by atoms with E-state index in [4.69, 9.17) is 20.9 Å². The van der Waals surface area contributed by atoms with E-state index in [1.165, 1.54) is 0 Å². The third kappa shape index (κ3) is 2.40. The molecule has 0 spiro atoms. The van der Waals surface area contributed by atoms with Gasteiger partial charge in [-0.2, -0.15) is 0 Å². The highest BCUT2D eigenvalue weighted by atomic mass is 16.8. The van der Waals surface area contributed by atoms with Crippen LogP contribution in [0, 0.1) is 0 Å². The first-order chi connectivity index (χ1) is 5.83. The Bertz CT molecular complexity index is 162. The second kappa shape index (κ2) is 3.53. The van der Waals surface area contributed by atoms with Crippen LogP contribution in [0.15, 0.2) is 0 Å². The molecule has 0 aliphatic carbocycles. The van der Waals surface area contributed by atoms with Crippen molar-refractivity contribution in [3.8, 4) is 0 Å². The molecule has 1 rings (SSSR count). The first kappa shape index (κ1) is 10.9. The first-order valence-corrected chi connectivity index (χ1v) is 4.70. The summed E-state index contributed by atoms with van der Waals surface area (Å²) in [5.41, 5.74) is 11.6. The summed E-state index contributed by atoms with van der Waals surface area (Å²) in [5.74, 6) is -0.559. The van der Waals surface area contributed by atoms with Gasteiger partial charge in [0.1, 0.15) is 12.2 Å². The average Bonchev–Trinajstić information content (AvgIpc) is 2.26. The number of nitrogens with two attached hydrogens (primary N) is 2. The zero-order chi connectivity index (χ0) is 10.2. The molecule has 0 bridgehead atoms. The fraction of sp³-hybridized carbons (Fsp3) is 1.00. The predicted molar refractivity (Wildman–Crippen MR) is 51.1 cm³/mol. The lowest BCUT2D eigenvalue weighted by molar-refractivity contribution is -0.148. The molecule has 1 aliphatic heterocycles. The summed E-state index contributed by atoms with van der Waals surface area (Å²) >= 11 is 0. The van der Waals surface area contributed by atoms with Crippen LogP contribution in [0.2, 0.25) is 0 Å². The first-order valence-electron chi connectivity index (χ1n) is 4.70. The van der Waals surface area contributed by atoms with Gasteiger partial charge in [0.25, 0.3) is 0 Å². The van der Waals surface area contributed by atoms with Crippen LogP contribution in [-0.2, 0) is 9.47 Å². The van der Waals surface area contributed by atoms with Gasteiger partial charge < -0.3 is 20.9 Å². The summed E-state index contributed by atoms with van der Waals surface area (Å²) in [7, 11) is 0. The quantitative estimate of drug-likeness (QED) is 0.649. The number of hydrogen-bond donors (Lipinski definition) is 2. The Hall–Kier alpha value is -0.160. The molecule has 0 radical (unpaired) electrons. The predicted octanol–water partition coefficient (Wildman–Crippen LogP) is 0.201. The maximum atomic E-state index is 5.79. The largest absolute Gasteiger partial charge is 0.343 e. The van der Waals surface area contributed by atoms with Crippen LogP contribution in [0.1, 0.15) is 27.7 Å². The maximum absolute atomic E-state index is 5.79. The summed E-state index contributed by atoms with van der Waals surface area (Å²) in [6.07, 6.45) is -0.204. The molecule has 0 aromatic heterocycles. The number of ether oxygens (including phenoxy) is 2. The SMILES string of the molecule is CC(N)C1OC(C)(C)OC1C(C)N. The molecule has 1 aliphatic rings. The van der Waals surface area contributed by atoms with E-state index in [-0.39, 0.29) is 24.3 Å². The lowest BCUT2D eigenvalue weighted by atomic mass is 10.0. The molecule has 4 nitrogen and oxygen atoms in total. The zero-order valence-corrected chi connectivity index (χ0v) is 8.78. The summed E-state index contributed by atoms with van der Waals surface area (Å²) < 4.78 is 11.3. The Morgan fingerprint density at radius 2 is 1.31 bits per heavy atom. The average molecular weight is 188 g/mol. The molecule has 1 fully saturated rings. The van der Waals surface area contributed by atoms with Gasteiger partial charge >= 0.3 is 0 Å². The Morgan fingerprint density at radius 1 is 1.00 bits per heavy atom. The molecular weight excluding hydrogens is 168 g/mol. The Labute approximate surface area is 79.6 Å². The van der Waals surface area contributed by atoms with E-state index in [0.717, 1.165) is 0 Å². The molecule has 78 valence electrons. The second-order valence-corrected chi connectivity index (χ2v) is 4.28. The van der Waals surface area contributed by atoms with Crippen LogP contribution >= 0.6 is 0 Å². The van der Waals surface area contributed by atoms with Gasteiger partial charge in [-0.15, -0.1) is 0 Å². The molecule has 4 N–H and O–H groups in total. The zero-order valence-electron chi connectivity index (χ0n) is 8.78. The topological polar surface area (TPSA) is 70.5 Å². The Balaban J connectivity index is 2.71. The van der Waals surface area contributed by atoms with Crippen LogP contribution in [0.5, 0.6) is 0 Å². The van der Waals surface area contributed by atoms with Crippen molar-refractivity contribution >= 4 is 0 Å². The third-order valence-electron chi connectivity index (χ3n) is 2.20. The van der Waals surface area contributed by atoms with Gasteiger partial charge in [0.2, 0.25) is 0 Å². The third-order valence-corrected chi connectivity index (χ3v) is 2.20. The molecule has 0 saturated carbocycles. The summed E-state index contributed by atoms with van der Waals surface area (Å²) in [4.78, 5) is 0. The highest BCUT2D eigenvalue weighted by molar-refractivity contribution is 4.90. The highest BCUT2D eigenvalue weighted by Gasteiger charge is 2.44. The standard InChI is InChI=1S/C9H20N2O2/c1-5(10)7-8(6(2)11)13-9(3,4)12-7/h5-8H,10-11H2,1-4H3. The molecule has 0 aromatic rings. The van der Waals surface area contributed by atoms with Crippen LogP contribution in [0.3, 0.4) is 0 Å². The van der Waals surface area contributed by atoms with Crippen molar-refractivity contribution in [2.45, 2.75) is 57.8 Å². The van der Waals surface area contributed by atoms with Crippen molar-refractivity contribution in [2.75, 3.05) is 0 Å². The Morgan fingerprint density at radius 3 is 1.54 bits per heavy atom. The molecule has 0 amide bonds. The minimum Gasteiger partial charge on any atom is -0.343 e. The fourth-order valence-corrected chi connectivity index (χ4v) is 1.63. The highest BCUT2D eigenvalue weighted by Crippen LogP contribution is 2.30. The number of hydrogen-bond acceptors (Lipinski definition) is 4. The van der Waals surface area contributed by atoms with Gasteiger partial charge in [-0.1, -0.05) is 0 Å². The minimum absolute atomic E-state index is 0.0576. The molecule has 4 heteroatoms. The van der Waals surface area contributed by atoms with Crippen molar-refractivity contribution in [3.63, 3.8) is 0 Å². The van der Waals surface area contributed by atoms with Gasteiger partial charge in [-0.3, -0.25) is 0 Å². The maximum Gasteiger partial charge on any atom is 0.163 e. The normalized spacial score (nSPS) is 37.4. The fourth-order valence-electron chi connectivity index (χ4n) is 1.63. The van der Waals surface area contributed by atoms with Crippen LogP contribution in [0.4, 0.5) is 0 Å². The van der Waals surface area contributed by atoms with Gasteiger partial charge in [-0.05, 0) is 27.7 Å². The molecule has 1 saturated heterocycles. The minimum atomic E-state index is -0.559. The summed E-state index contributed by atoms with van der Waals surface area (Å²) in [5, 5.41) is 0. The molecule has 1 heterocycles. The second-order valence-electron chi connectivity index (χ2n) is 4.28. The van der Waals surface area contributed by atoms with E-state index in [2.05, 4.69) is 0 Å². The van der Waals surface area contributed by atoms with Gasteiger partial charge in [0.15, 0.2) is 5.79 Å². The molecular formula is C9H20N2O2. The molecule has 13 heavy (non-hydrogen) atoms. The van der Waals surface area contributed by atoms with Gasteiger partial charge in [0, 0.05) is 12.1 Å². The monoisotopic (exact) mass is 188 g/mol. The van der Waals surface area contributed by atoms with Crippen LogP contribution in [-0.4, -0.2) is 30.1 Å². The number of rotatable bonds is 2. The van der Waals surface area contributed by atoms with Crippen molar-refractivity contribution in [3.05, 3.63) is 0 Å². The smallest absolute Gasteiger partial charge is 0.163 e. The summed E-state index contributed by atoms with van der Waals surface area (Å²) in [6.45, 7) is 7.57. The van der Waals surface area contributed by atoms with Crippen molar-refractivity contribution < 1.29 is 9.47 Å². The van der Waals surface area contributed by atoms with E-state index >= 15 is 0 Å². The van der Waals surface area contributed by atoms with E-state index in [9.17, 15) is 0 Å². The van der Waals surface area contributed by atoms with E-state index in [1.807, 2.05) is 27.7 Å².